The van der Waals surface area contributed by atoms with Crippen LogP contribution in [0, 0.1) is 0 Å². The first-order valence-electron chi connectivity index (χ1n) is 6.40. The Kier molecular flexibility index (Phi) is 3.28. The van der Waals surface area contributed by atoms with Crippen LogP contribution in [-0.2, 0) is 9.59 Å². The molecular weight excluding hydrogens is 236 g/mol. The average molecular weight is 254 g/mol. The summed E-state index contributed by atoms with van der Waals surface area (Å²) in [5.74, 6) is -1.49. The maximum Gasteiger partial charge on any atom is 0.326 e. The van der Waals surface area contributed by atoms with E-state index in [9.17, 15) is 14.4 Å². The number of aliphatic carboxylic acids is 1. The molecule has 1 spiro atoms. The Morgan fingerprint density at radius 1 is 1.39 bits per heavy atom. The number of nitrogens with one attached hydrogen (secondary N) is 1. The molecule has 1 saturated heterocycles. The molecule has 3 amide bonds. The lowest BCUT2D eigenvalue weighted by Crippen LogP contribution is -2.50. The van der Waals surface area contributed by atoms with Gasteiger partial charge in [0.25, 0.3) is 5.91 Å². The number of nitrogens with zero attached hydrogens (tertiary/aromatic N) is 1. The summed E-state index contributed by atoms with van der Waals surface area (Å²) in [6.07, 6.45) is 4.30. The van der Waals surface area contributed by atoms with Gasteiger partial charge in [-0.3, -0.25) is 4.79 Å². The van der Waals surface area contributed by atoms with Crippen molar-refractivity contribution in [2.75, 3.05) is 0 Å². The van der Waals surface area contributed by atoms with E-state index in [1.165, 1.54) is 0 Å². The summed E-state index contributed by atoms with van der Waals surface area (Å²) in [6, 6.07) is -1.62. The Bertz CT molecular complexity index is 388. The molecule has 100 valence electrons. The van der Waals surface area contributed by atoms with Crippen LogP contribution in [0.3, 0.4) is 0 Å². The molecule has 0 radical (unpaired) electrons. The molecule has 0 aromatic rings. The highest BCUT2D eigenvalue weighted by atomic mass is 16.4. The van der Waals surface area contributed by atoms with Crippen LogP contribution in [-0.4, -0.2) is 39.5 Å². The topological polar surface area (TPSA) is 86.7 Å². The van der Waals surface area contributed by atoms with Crippen molar-refractivity contribution in [3.8, 4) is 0 Å². The van der Waals surface area contributed by atoms with Crippen molar-refractivity contribution in [3.63, 3.8) is 0 Å². The maximum atomic E-state index is 12.4. The van der Waals surface area contributed by atoms with Gasteiger partial charge in [0.2, 0.25) is 0 Å². The van der Waals surface area contributed by atoms with Gasteiger partial charge in [-0.05, 0) is 19.3 Å². The normalized spacial score (nSPS) is 24.2. The van der Waals surface area contributed by atoms with E-state index in [2.05, 4.69) is 5.32 Å². The van der Waals surface area contributed by atoms with Crippen molar-refractivity contribution in [1.82, 2.24) is 10.2 Å². The first kappa shape index (κ1) is 12.9. The largest absolute Gasteiger partial charge is 0.480 e. The van der Waals surface area contributed by atoms with Gasteiger partial charge in [0.15, 0.2) is 0 Å². The number of hydrogen-bond acceptors (Lipinski definition) is 3. The molecule has 1 saturated carbocycles. The van der Waals surface area contributed by atoms with Crippen LogP contribution in [0.25, 0.3) is 0 Å². The Morgan fingerprint density at radius 2 is 2.00 bits per heavy atom. The second-order valence-electron chi connectivity index (χ2n) is 5.01. The molecule has 6 heteroatoms. The molecule has 1 heterocycles. The Balaban J connectivity index is 2.26. The van der Waals surface area contributed by atoms with Gasteiger partial charge in [-0.25, -0.2) is 14.5 Å². The van der Waals surface area contributed by atoms with E-state index >= 15 is 0 Å². The first-order chi connectivity index (χ1) is 8.52. The van der Waals surface area contributed by atoms with E-state index in [0.29, 0.717) is 12.8 Å². The van der Waals surface area contributed by atoms with Crippen LogP contribution in [0.5, 0.6) is 0 Å². The van der Waals surface area contributed by atoms with Crippen molar-refractivity contribution in [3.05, 3.63) is 0 Å². The lowest BCUT2D eigenvalue weighted by atomic mass is 9.81. The summed E-state index contributed by atoms with van der Waals surface area (Å²) in [6.45, 7) is 1.66. The second-order valence-corrected chi connectivity index (χ2v) is 5.01. The summed E-state index contributed by atoms with van der Waals surface area (Å²) in [5, 5.41) is 11.8. The summed E-state index contributed by atoms with van der Waals surface area (Å²) >= 11 is 0. The summed E-state index contributed by atoms with van der Waals surface area (Å²) in [4.78, 5) is 36.3. The molecular formula is C12H18N2O4. The van der Waals surface area contributed by atoms with Crippen LogP contribution in [0.15, 0.2) is 0 Å². The van der Waals surface area contributed by atoms with Crippen molar-refractivity contribution >= 4 is 17.9 Å². The Hall–Kier alpha value is -1.59. The van der Waals surface area contributed by atoms with Crippen LogP contribution in [0.1, 0.15) is 45.4 Å². The SMILES string of the molecule is CCC(C(=O)O)N1C(=O)NC2(CCCCC2)C1=O. The second kappa shape index (κ2) is 4.59. The van der Waals surface area contributed by atoms with Crippen molar-refractivity contribution < 1.29 is 19.5 Å². The zero-order valence-electron chi connectivity index (χ0n) is 10.4. The molecule has 18 heavy (non-hydrogen) atoms. The van der Waals surface area contributed by atoms with Gasteiger partial charge >= 0.3 is 12.0 Å². The number of hydrogen-bond donors (Lipinski definition) is 2. The standard InChI is InChI=1S/C12H18N2O4/c1-2-8(9(15)16)14-10(17)12(13-11(14)18)6-4-3-5-7-12/h8H,2-7H2,1H3,(H,13,18)(H,15,16). The van der Waals surface area contributed by atoms with E-state index in [4.69, 9.17) is 5.11 Å². The average Bonchev–Trinajstić information content (AvgIpc) is 2.55. The zero-order chi connectivity index (χ0) is 13.3. The maximum absolute atomic E-state index is 12.4. The molecule has 1 aliphatic carbocycles. The molecule has 1 atom stereocenters. The molecule has 2 rings (SSSR count). The quantitative estimate of drug-likeness (QED) is 0.738. The minimum Gasteiger partial charge on any atom is -0.480 e. The monoisotopic (exact) mass is 254 g/mol. The Labute approximate surface area is 105 Å². The number of carboxylic acids is 1. The number of imide groups is 1. The zero-order valence-corrected chi connectivity index (χ0v) is 10.4. The molecule has 2 aliphatic rings. The summed E-state index contributed by atoms with van der Waals surface area (Å²) in [7, 11) is 0. The number of carbonyl (C=O) groups excluding carboxylic acids is 2. The third kappa shape index (κ3) is 1.85. The van der Waals surface area contributed by atoms with Crippen molar-refractivity contribution in [2.45, 2.75) is 57.0 Å². The molecule has 2 N–H and O–H groups in total. The molecule has 0 aromatic heterocycles. The molecule has 0 bridgehead atoms. The molecule has 1 aliphatic heterocycles. The summed E-state index contributed by atoms with van der Waals surface area (Å²) < 4.78 is 0. The fraction of sp³-hybridized carbons (Fsp3) is 0.750. The number of urea groups is 1. The number of amides is 3. The lowest BCUT2D eigenvalue weighted by molar-refractivity contribution is -0.148. The van der Waals surface area contributed by atoms with Crippen LogP contribution < -0.4 is 5.32 Å². The van der Waals surface area contributed by atoms with Gasteiger partial charge in [-0.2, -0.15) is 0 Å². The smallest absolute Gasteiger partial charge is 0.326 e. The van der Waals surface area contributed by atoms with Gasteiger partial charge in [-0.15, -0.1) is 0 Å². The first-order valence-corrected chi connectivity index (χ1v) is 6.40. The van der Waals surface area contributed by atoms with Gasteiger partial charge in [0.1, 0.15) is 11.6 Å². The third-order valence-electron chi connectivity index (χ3n) is 3.88. The van der Waals surface area contributed by atoms with Crippen LogP contribution in [0.4, 0.5) is 4.79 Å². The van der Waals surface area contributed by atoms with E-state index in [1.807, 2.05) is 0 Å². The van der Waals surface area contributed by atoms with E-state index < -0.39 is 23.6 Å². The number of rotatable bonds is 3. The molecule has 0 aromatic carbocycles. The predicted molar refractivity (Wildman–Crippen MR) is 62.9 cm³/mol. The van der Waals surface area contributed by atoms with Crippen molar-refractivity contribution in [2.24, 2.45) is 0 Å². The highest BCUT2D eigenvalue weighted by molar-refractivity contribution is 6.09. The third-order valence-corrected chi connectivity index (χ3v) is 3.88. The number of carbonyl (C=O) groups is 3. The van der Waals surface area contributed by atoms with E-state index in [0.717, 1.165) is 24.2 Å². The minimum atomic E-state index is -1.13. The van der Waals surface area contributed by atoms with E-state index in [-0.39, 0.29) is 12.3 Å². The molecule has 6 nitrogen and oxygen atoms in total. The van der Waals surface area contributed by atoms with Crippen molar-refractivity contribution in [1.29, 1.82) is 0 Å². The number of carboxylic acid groups (broad SMARTS) is 1. The predicted octanol–water partition coefficient (Wildman–Crippen LogP) is 1.10. The summed E-state index contributed by atoms with van der Waals surface area (Å²) in [5.41, 5.74) is -0.835. The molecule has 1 unspecified atom stereocenters. The van der Waals surface area contributed by atoms with Gasteiger partial charge in [0, 0.05) is 0 Å². The van der Waals surface area contributed by atoms with Crippen LogP contribution >= 0.6 is 0 Å². The Morgan fingerprint density at radius 3 is 2.50 bits per heavy atom. The minimum absolute atomic E-state index is 0.227. The fourth-order valence-electron chi connectivity index (χ4n) is 2.89. The van der Waals surface area contributed by atoms with E-state index in [1.54, 1.807) is 6.92 Å². The highest BCUT2D eigenvalue weighted by Gasteiger charge is 2.54. The van der Waals surface area contributed by atoms with Gasteiger partial charge in [-0.1, -0.05) is 26.2 Å². The lowest BCUT2D eigenvalue weighted by Gasteiger charge is -2.31. The van der Waals surface area contributed by atoms with Crippen LogP contribution in [0.2, 0.25) is 0 Å². The van der Waals surface area contributed by atoms with Gasteiger partial charge in [0.05, 0.1) is 0 Å². The van der Waals surface area contributed by atoms with Gasteiger partial charge < -0.3 is 10.4 Å². The highest BCUT2D eigenvalue weighted by Crippen LogP contribution is 2.34. The molecule has 2 fully saturated rings. The fourth-order valence-corrected chi connectivity index (χ4v) is 2.89.